The normalized spacial score (nSPS) is 14.3. The lowest BCUT2D eigenvalue weighted by atomic mass is 10.0. The number of aromatic nitrogens is 2. The molecular weight excluding hydrogens is 420 g/mol. The minimum Gasteiger partial charge on any atom is -0.465 e. The van der Waals surface area contributed by atoms with Crippen molar-refractivity contribution in [2.45, 2.75) is 26.2 Å². The fourth-order valence-corrected chi connectivity index (χ4v) is 4.89. The second kappa shape index (κ2) is 9.63. The molecule has 0 amide bonds. The monoisotopic (exact) mass is 448 g/mol. The van der Waals surface area contributed by atoms with Crippen molar-refractivity contribution in [3.8, 4) is 11.1 Å². The van der Waals surface area contributed by atoms with E-state index >= 15 is 0 Å². The molecule has 4 rings (SSSR count). The highest BCUT2D eigenvalue weighted by Gasteiger charge is 2.22. The van der Waals surface area contributed by atoms with E-state index in [0.29, 0.717) is 17.3 Å². The summed E-state index contributed by atoms with van der Waals surface area (Å²) in [6, 6.07) is 11.7. The Balaban J connectivity index is 1.69. The molecule has 1 aliphatic heterocycles. The van der Waals surface area contributed by atoms with Gasteiger partial charge in [-0.1, -0.05) is 61.6 Å². The Kier molecular flexibility index (Phi) is 6.67. The standard InChI is InChI=1S/C25H28N4O2S/c1-16(2)21-22(18-10-12-29(3)13-11-18)32-25(27-21)28-23-20(24(30)31-4)14-19(15-26-23)17-8-6-5-7-9-17/h5-10,14-16H,11-13H2,1-4H3,(H,26,27,28). The molecule has 0 unspecified atom stereocenters. The molecule has 0 saturated carbocycles. The quantitative estimate of drug-likeness (QED) is 0.497. The maximum absolute atomic E-state index is 12.5. The molecule has 3 heterocycles. The Bertz CT molecular complexity index is 1140. The third kappa shape index (κ3) is 4.74. The highest BCUT2D eigenvalue weighted by Crippen LogP contribution is 2.37. The maximum Gasteiger partial charge on any atom is 0.341 e. The third-order valence-corrected chi connectivity index (χ3v) is 6.59. The molecule has 0 radical (unpaired) electrons. The summed E-state index contributed by atoms with van der Waals surface area (Å²) in [6.07, 6.45) is 5.07. The van der Waals surface area contributed by atoms with Gasteiger partial charge in [0, 0.05) is 24.8 Å². The Hall–Kier alpha value is -3.03. The van der Waals surface area contributed by atoms with Gasteiger partial charge in [-0.25, -0.2) is 14.8 Å². The molecule has 32 heavy (non-hydrogen) atoms. The minimum atomic E-state index is -0.434. The Morgan fingerprint density at radius 2 is 2.00 bits per heavy atom. The molecule has 0 aliphatic carbocycles. The largest absolute Gasteiger partial charge is 0.465 e. The van der Waals surface area contributed by atoms with Crippen LogP contribution >= 0.6 is 11.3 Å². The van der Waals surface area contributed by atoms with Crippen LogP contribution in [0.5, 0.6) is 0 Å². The van der Waals surface area contributed by atoms with Gasteiger partial charge in [-0.15, -0.1) is 0 Å². The number of likely N-dealkylation sites (N-methyl/N-ethyl adjacent to an activating group) is 1. The van der Waals surface area contributed by atoms with Crippen molar-refractivity contribution in [3.63, 3.8) is 0 Å². The predicted octanol–water partition coefficient (Wildman–Crippen LogP) is 5.58. The number of anilines is 2. The molecule has 1 N–H and O–H groups in total. The first-order valence-electron chi connectivity index (χ1n) is 10.8. The van der Waals surface area contributed by atoms with E-state index in [1.807, 2.05) is 36.4 Å². The third-order valence-electron chi connectivity index (χ3n) is 5.53. The fourth-order valence-electron chi connectivity index (χ4n) is 3.70. The minimum absolute atomic E-state index is 0.297. The summed E-state index contributed by atoms with van der Waals surface area (Å²) in [4.78, 5) is 25.5. The molecule has 0 spiro atoms. The summed E-state index contributed by atoms with van der Waals surface area (Å²) >= 11 is 1.62. The van der Waals surface area contributed by atoms with Gasteiger partial charge in [0.2, 0.25) is 0 Å². The highest BCUT2D eigenvalue weighted by molar-refractivity contribution is 7.16. The summed E-state index contributed by atoms with van der Waals surface area (Å²) in [5.41, 5.74) is 4.65. The second-order valence-corrected chi connectivity index (χ2v) is 9.23. The lowest BCUT2D eigenvalue weighted by molar-refractivity contribution is 0.0601. The molecule has 2 aromatic heterocycles. The molecule has 0 bridgehead atoms. The first-order chi connectivity index (χ1) is 15.5. The van der Waals surface area contributed by atoms with Gasteiger partial charge in [0.1, 0.15) is 11.4 Å². The Morgan fingerprint density at radius 1 is 1.22 bits per heavy atom. The number of pyridine rings is 1. The summed E-state index contributed by atoms with van der Waals surface area (Å²) < 4.78 is 5.03. The number of hydrogen-bond acceptors (Lipinski definition) is 7. The first kappa shape index (κ1) is 22.2. The maximum atomic E-state index is 12.5. The number of rotatable bonds is 6. The van der Waals surface area contributed by atoms with Gasteiger partial charge in [0.05, 0.1) is 17.7 Å². The molecule has 0 atom stereocenters. The van der Waals surface area contributed by atoms with Crippen LogP contribution in [0.2, 0.25) is 0 Å². The van der Waals surface area contributed by atoms with E-state index in [4.69, 9.17) is 9.72 Å². The fraction of sp³-hybridized carbons (Fsp3) is 0.320. The Morgan fingerprint density at radius 3 is 2.66 bits per heavy atom. The van der Waals surface area contributed by atoms with Gasteiger partial charge >= 0.3 is 5.97 Å². The number of esters is 1. The van der Waals surface area contributed by atoms with Crippen LogP contribution in [0.4, 0.5) is 10.9 Å². The number of thiazole rings is 1. The van der Waals surface area contributed by atoms with E-state index in [9.17, 15) is 4.79 Å². The van der Waals surface area contributed by atoms with Gasteiger partial charge in [-0.3, -0.25) is 0 Å². The zero-order valence-corrected chi connectivity index (χ0v) is 19.7. The van der Waals surface area contributed by atoms with Crippen molar-refractivity contribution in [1.82, 2.24) is 14.9 Å². The van der Waals surface area contributed by atoms with Gasteiger partial charge < -0.3 is 15.0 Å². The molecule has 7 heteroatoms. The highest BCUT2D eigenvalue weighted by atomic mass is 32.1. The van der Waals surface area contributed by atoms with Crippen molar-refractivity contribution in [2.24, 2.45) is 0 Å². The number of ether oxygens (including phenoxy) is 1. The molecule has 3 aromatic rings. The molecular formula is C25H28N4O2S. The number of carbonyl (C=O) groups excluding carboxylic acids is 1. The summed E-state index contributed by atoms with van der Waals surface area (Å²) in [5.74, 6) is 0.312. The number of methoxy groups -OCH3 is 1. The van der Waals surface area contributed by atoms with Gasteiger partial charge in [-0.05, 0) is 36.6 Å². The van der Waals surface area contributed by atoms with E-state index in [1.54, 1.807) is 17.5 Å². The van der Waals surface area contributed by atoms with Crippen LogP contribution in [0.1, 0.15) is 47.1 Å². The van der Waals surface area contributed by atoms with Crippen LogP contribution in [0.3, 0.4) is 0 Å². The topological polar surface area (TPSA) is 67.3 Å². The number of carbonyl (C=O) groups is 1. The van der Waals surface area contributed by atoms with E-state index < -0.39 is 5.97 Å². The molecule has 0 saturated heterocycles. The number of benzene rings is 1. The number of nitrogens with one attached hydrogen (secondary N) is 1. The summed E-state index contributed by atoms with van der Waals surface area (Å²) in [5, 5.41) is 4.02. The van der Waals surface area contributed by atoms with E-state index in [-0.39, 0.29) is 0 Å². The predicted molar refractivity (Wildman–Crippen MR) is 131 cm³/mol. The average molecular weight is 449 g/mol. The van der Waals surface area contributed by atoms with Crippen LogP contribution < -0.4 is 5.32 Å². The van der Waals surface area contributed by atoms with Gasteiger partial charge in [0.25, 0.3) is 0 Å². The number of hydrogen-bond donors (Lipinski definition) is 1. The lowest BCUT2D eigenvalue weighted by Crippen LogP contribution is -2.23. The molecule has 166 valence electrons. The van der Waals surface area contributed by atoms with Crippen molar-refractivity contribution < 1.29 is 9.53 Å². The lowest BCUT2D eigenvalue weighted by Gasteiger charge is -2.22. The van der Waals surface area contributed by atoms with E-state index in [2.05, 4.69) is 42.2 Å². The van der Waals surface area contributed by atoms with Gasteiger partial charge in [0.15, 0.2) is 5.13 Å². The average Bonchev–Trinajstić information content (AvgIpc) is 3.24. The van der Waals surface area contributed by atoms with Crippen LogP contribution in [0.15, 0.2) is 48.7 Å². The second-order valence-electron chi connectivity index (χ2n) is 8.23. The molecule has 1 aliphatic rings. The Labute approximate surface area is 193 Å². The number of nitrogens with zero attached hydrogens (tertiary/aromatic N) is 3. The van der Waals surface area contributed by atoms with Crippen LogP contribution in [0.25, 0.3) is 16.7 Å². The smallest absolute Gasteiger partial charge is 0.341 e. The van der Waals surface area contributed by atoms with Crippen molar-refractivity contribution in [3.05, 3.63) is 64.8 Å². The van der Waals surface area contributed by atoms with Crippen LogP contribution in [-0.4, -0.2) is 48.1 Å². The van der Waals surface area contributed by atoms with Crippen LogP contribution in [-0.2, 0) is 4.74 Å². The van der Waals surface area contributed by atoms with Crippen molar-refractivity contribution in [2.75, 3.05) is 32.6 Å². The molecule has 1 aromatic carbocycles. The zero-order valence-electron chi connectivity index (χ0n) is 18.9. The van der Waals surface area contributed by atoms with Crippen molar-refractivity contribution in [1.29, 1.82) is 0 Å². The van der Waals surface area contributed by atoms with Crippen molar-refractivity contribution >= 4 is 33.8 Å². The van der Waals surface area contributed by atoms with Crippen LogP contribution in [0, 0.1) is 0 Å². The first-order valence-corrected chi connectivity index (χ1v) is 11.6. The van der Waals surface area contributed by atoms with E-state index in [0.717, 1.165) is 41.5 Å². The zero-order chi connectivity index (χ0) is 22.7. The SMILES string of the molecule is COC(=O)c1cc(-c2ccccc2)cnc1Nc1nc(C(C)C)c(C2=CCN(C)CC2)s1. The van der Waals surface area contributed by atoms with E-state index in [1.165, 1.54) is 17.6 Å². The van der Waals surface area contributed by atoms with Gasteiger partial charge in [-0.2, -0.15) is 0 Å². The molecule has 0 fully saturated rings. The molecule has 6 nitrogen and oxygen atoms in total. The summed E-state index contributed by atoms with van der Waals surface area (Å²) in [6.45, 7) is 6.30. The summed E-state index contributed by atoms with van der Waals surface area (Å²) in [7, 11) is 3.52.